The summed E-state index contributed by atoms with van der Waals surface area (Å²) in [6, 6.07) is 0. The van der Waals surface area contributed by atoms with Crippen molar-refractivity contribution in [2.45, 2.75) is 381 Å². The fourth-order valence-electron chi connectivity index (χ4n) is 10.8. The van der Waals surface area contributed by atoms with Gasteiger partial charge in [0.05, 0.1) is 26.4 Å². The Bertz CT molecular complexity index is 1750. The Labute approximate surface area is 549 Å². The number of hydrogen-bond donors (Lipinski definition) is 3. The third-order valence-electron chi connectivity index (χ3n) is 16.5. The van der Waals surface area contributed by atoms with Crippen LogP contribution < -0.4 is 0 Å². The molecular formula is C71H138O17P2. The van der Waals surface area contributed by atoms with Gasteiger partial charge in [-0.15, -0.1) is 0 Å². The number of carbonyl (C=O) groups excluding carboxylic acids is 4. The third kappa shape index (κ3) is 64.8. The van der Waals surface area contributed by atoms with Crippen LogP contribution in [-0.4, -0.2) is 96.7 Å². The minimum atomic E-state index is -4.95. The lowest BCUT2D eigenvalue weighted by molar-refractivity contribution is -0.161. The summed E-state index contributed by atoms with van der Waals surface area (Å²) in [5.74, 6) is -0.626. The maximum Gasteiger partial charge on any atom is 0.472 e. The third-order valence-corrected chi connectivity index (χ3v) is 18.4. The van der Waals surface area contributed by atoms with Crippen molar-refractivity contribution in [3.8, 4) is 0 Å². The molecule has 0 amide bonds. The van der Waals surface area contributed by atoms with E-state index in [2.05, 4.69) is 41.5 Å². The lowest BCUT2D eigenvalue weighted by atomic mass is 10.0. The molecule has 5 atom stereocenters. The molecule has 0 aromatic heterocycles. The molecule has 0 aliphatic heterocycles. The van der Waals surface area contributed by atoms with E-state index in [9.17, 15) is 43.2 Å². The average Bonchev–Trinajstić information content (AvgIpc) is 3.63. The highest BCUT2D eigenvalue weighted by molar-refractivity contribution is 7.47. The minimum absolute atomic E-state index is 0.106. The summed E-state index contributed by atoms with van der Waals surface area (Å²) in [6.07, 6.45) is 48.4. The Hall–Kier alpha value is -1.94. The monoisotopic (exact) mass is 1320 g/mol. The Balaban J connectivity index is 5.26. The Kier molecular flexibility index (Phi) is 61.8. The van der Waals surface area contributed by atoms with Crippen LogP contribution in [0.25, 0.3) is 0 Å². The van der Waals surface area contributed by atoms with Crippen LogP contribution in [-0.2, 0) is 65.4 Å². The lowest BCUT2D eigenvalue weighted by Crippen LogP contribution is -2.30. The first-order valence-electron chi connectivity index (χ1n) is 37.0. The molecule has 0 fully saturated rings. The van der Waals surface area contributed by atoms with Gasteiger partial charge in [-0.1, -0.05) is 311 Å². The van der Waals surface area contributed by atoms with Crippen molar-refractivity contribution in [2.75, 3.05) is 39.6 Å². The smallest absolute Gasteiger partial charge is 0.462 e. The van der Waals surface area contributed by atoms with E-state index in [1.54, 1.807) is 0 Å². The summed E-state index contributed by atoms with van der Waals surface area (Å²) in [4.78, 5) is 72.6. The van der Waals surface area contributed by atoms with Crippen LogP contribution in [0.4, 0.5) is 0 Å². The predicted octanol–water partition coefficient (Wildman–Crippen LogP) is 20.4. The molecule has 0 saturated heterocycles. The minimum Gasteiger partial charge on any atom is -0.462 e. The first-order valence-corrected chi connectivity index (χ1v) is 40.0. The zero-order chi connectivity index (χ0) is 66.5. The zero-order valence-corrected chi connectivity index (χ0v) is 60.2. The van der Waals surface area contributed by atoms with E-state index in [1.807, 2.05) is 0 Å². The van der Waals surface area contributed by atoms with Gasteiger partial charge in [0.25, 0.3) is 0 Å². The van der Waals surface area contributed by atoms with Crippen molar-refractivity contribution in [1.82, 2.24) is 0 Å². The number of hydrogen-bond acceptors (Lipinski definition) is 15. The number of aliphatic hydroxyl groups excluding tert-OH is 1. The van der Waals surface area contributed by atoms with Gasteiger partial charge in [-0.25, -0.2) is 9.13 Å². The van der Waals surface area contributed by atoms with Crippen molar-refractivity contribution in [3.63, 3.8) is 0 Å². The number of phosphoric acid groups is 2. The number of unbranched alkanes of at least 4 members (excludes halogenated alkanes) is 40. The van der Waals surface area contributed by atoms with E-state index >= 15 is 0 Å². The van der Waals surface area contributed by atoms with Gasteiger partial charge in [-0.2, -0.15) is 0 Å². The van der Waals surface area contributed by atoms with Crippen LogP contribution in [0.1, 0.15) is 363 Å². The molecule has 0 spiro atoms. The number of ether oxygens (including phenoxy) is 4. The van der Waals surface area contributed by atoms with E-state index in [0.29, 0.717) is 25.7 Å². The van der Waals surface area contributed by atoms with E-state index in [-0.39, 0.29) is 25.7 Å². The highest BCUT2D eigenvalue weighted by Crippen LogP contribution is 2.45. The number of carbonyl (C=O) groups is 4. The molecule has 0 aliphatic carbocycles. The molecule has 0 radical (unpaired) electrons. The van der Waals surface area contributed by atoms with Crippen molar-refractivity contribution >= 4 is 39.5 Å². The van der Waals surface area contributed by atoms with Crippen LogP contribution in [0.5, 0.6) is 0 Å². The maximum absolute atomic E-state index is 13.0. The molecule has 534 valence electrons. The fraction of sp³-hybridized carbons (Fsp3) is 0.944. The first kappa shape index (κ1) is 88.1. The maximum atomic E-state index is 13.0. The van der Waals surface area contributed by atoms with Crippen molar-refractivity contribution < 1.29 is 80.2 Å². The molecule has 90 heavy (non-hydrogen) atoms. The molecule has 0 heterocycles. The predicted molar refractivity (Wildman–Crippen MR) is 363 cm³/mol. The van der Waals surface area contributed by atoms with Crippen LogP contribution >= 0.6 is 15.6 Å². The van der Waals surface area contributed by atoms with Gasteiger partial charge in [0, 0.05) is 25.7 Å². The van der Waals surface area contributed by atoms with Crippen LogP contribution in [0.15, 0.2) is 0 Å². The topological polar surface area (TPSA) is 237 Å². The number of esters is 4. The number of rotatable bonds is 70. The summed E-state index contributed by atoms with van der Waals surface area (Å²) in [6.45, 7) is 9.53. The molecule has 3 N–H and O–H groups in total. The van der Waals surface area contributed by atoms with E-state index in [0.717, 1.165) is 102 Å². The largest absolute Gasteiger partial charge is 0.472 e. The summed E-state index contributed by atoms with van der Waals surface area (Å²) >= 11 is 0. The standard InChI is InChI=1S/C71H138O17P2/c1-7-9-11-13-15-17-19-20-21-23-31-37-43-49-55-70(75)87-66(59-82-69(74)54-48-42-36-30-25-24-27-33-39-45-51-63(3)4)61-85-89(77,78)83-57-65(72)58-84-90(79,80)86-62-67(60-81-68(73)53-47-41-35-29-22-18-16-14-12-10-8-2)88-71(76)56-50-44-38-32-26-28-34-40-46-52-64(5)6/h63-67,72H,7-62H2,1-6H3,(H,77,78)(H,79,80)/t65-,66-,67-/m1/s1. The first-order chi connectivity index (χ1) is 43.4. The van der Waals surface area contributed by atoms with Crippen LogP contribution in [0.3, 0.4) is 0 Å². The summed E-state index contributed by atoms with van der Waals surface area (Å²) in [7, 11) is -9.90. The van der Waals surface area contributed by atoms with Gasteiger partial charge in [0.1, 0.15) is 19.3 Å². The van der Waals surface area contributed by atoms with E-state index in [1.165, 1.54) is 180 Å². The van der Waals surface area contributed by atoms with Crippen LogP contribution in [0.2, 0.25) is 0 Å². The fourth-order valence-corrected chi connectivity index (χ4v) is 12.3. The van der Waals surface area contributed by atoms with Gasteiger partial charge < -0.3 is 33.8 Å². The van der Waals surface area contributed by atoms with Crippen molar-refractivity contribution in [3.05, 3.63) is 0 Å². The summed E-state index contributed by atoms with van der Waals surface area (Å²) in [5, 5.41) is 10.6. The molecule has 0 aromatic rings. The molecule has 17 nitrogen and oxygen atoms in total. The highest BCUT2D eigenvalue weighted by atomic mass is 31.2. The second-order valence-electron chi connectivity index (χ2n) is 26.6. The van der Waals surface area contributed by atoms with Crippen LogP contribution in [0, 0.1) is 11.8 Å². The zero-order valence-electron chi connectivity index (χ0n) is 58.4. The number of aliphatic hydroxyl groups is 1. The Morgan fingerprint density at radius 3 is 0.756 bits per heavy atom. The molecule has 2 unspecified atom stereocenters. The van der Waals surface area contributed by atoms with Gasteiger partial charge in [0.2, 0.25) is 0 Å². The Morgan fingerprint density at radius 2 is 0.511 bits per heavy atom. The molecule has 0 bridgehead atoms. The Morgan fingerprint density at radius 1 is 0.300 bits per heavy atom. The molecule has 19 heteroatoms. The van der Waals surface area contributed by atoms with E-state index in [4.69, 9.17) is 37.0 Å². The molecule has 0 aliphatic rings. The average molecular weight is 1330 g/mol. The number of phosphoric ester groups is 2. The van der Waals surface area contributed by atoms with Gasteiger partial charge in [-0.3, -0.25) is 37.3 Å². The normalized spacial score (nSPS) is 14.1. The summed E-state index contributed by atoms with van der Waals surface area (Å²) in [5.41, 5.74) is 0. The van der Waals surface area contributed by atoms with Gasteiger partial charge in [-0.05, 0) is 37.5 Å². The highest BCUT2D eigenvalue weighted by Gasteiger charge is 2.30. The second-order valence-corrected chi connectivity index (χ2v) is 29.5. The van der Waals surface area contributed by atoms with E-state index < -0.39 is 97.5 Å². The van der Waals surface area contributed by atoms with Crippen molar-refractivity contribution in [1.29, 1.82) is 0 Å². The molecule has 0 saturated carbocycles. The SMILES string of the molecule is CCCCCCCCCCCCCCCCC(=O)O[C@H](COC(=O)CCCCCCCCCCCCC(C)C)COP(=O)(O)OC[C@@H](O)COP(=O)(O)OC[C@@H](COC(=O)CCCCCCCCCCCCC)OC(=O)CCCCCCCCCCCC(C)C. The summed E-state index contributed by atoms with van der Waals surface area (Å²) < 4.78 is 68.3. The molecular weight excluding hydrogens is 1190 g/mol. The van der Waals surface area contributed by atoms with Crippen molar-refractivity contribution in [2.24, 2.45) is 11.8 Å². The molecule has 0 rings (SSSR count). The lowest BCUT2D eigenvalue weighted by Gasteiger charge is -2.21. The van der Waals surface area contributed by atoms with Gasteiger partial charge in [0.15, 0.2) is 12.2 Å². The quantitative estimate of drug-likeness (QED) is 0.0222. The van der Waals surface area contributed by atoms with Gasteiger partial charge >= 0.3 is 39.5 Å². The molecule has 0 aromatic carbocycles. The second kappa shape index (κ2) is 63.1.